The highest BCUT2D eigenvalue weighted by Gasteiger charge is 2.33. The summed E-state index contributed by atoms with van der Waals surface area (Å²) in [5.74, 6) is -0.754. The third-order valence-corrected chi connectivity index (χ3v) is 6.86. The normalized spacial score (nSPS) is 13.7. The zero-order valence-electron chi connectivity index (χ0n) is 18.7. The standard InChI is InChI=1S/C23H24N4O6S/c1-32-17-9-7-16(8-10-17)27-21(18-13-34(30,31)14-19(18)26-27)25-23(29)22(28)24-12-11-15-5-3-4-6-20(15)33-2/h3-10H,11-14H2,1-2H3,(H,24,28)(H,25,29). The van der Waals surface area contributed by atoms with Crippen LogP contribution in [0.15, 0.2) is 48.5 Å². The molecule has 11 heteroatoms. The smallest absolute Gasteiger partial charge is 0.314 e. The molecule has 2 amide bonds. The van der Waals surface area contributed by atoms with Crippen molar-refractivity contribution in [1.82, 2.24) is 15.1 Å². The molecule has 1 aromatic heterocycles. The minimum Gasteiger partial charge on any atom is -0.497 e. The maximum absolute atomic E-state index is 12.7. The van der Waals surface area contributed by atoms with Gasteiger partial charge < -0.3 is 20.1 Å². The molecule has 0 spiro atoms. The quantitative estimate of drug-likeness (QED) is 0.488. The van der Waals surface area contributed by atoms with Crippen LogP contribution in [0, 0.1) is 0 Å². The lowest BCUT2D eigenvalue weighted by Crippen LogP contribution is -2.37. The molecule has 178 valence electrons. The number of carbonyl (C=O) groups excluding carboxylic acids is 2. The molecule has 0 radical (unpaired) electrons. The summed E-state index contributed by atoms with van der Waals surface area (Å²) in [4.78, 5) is 25.1. The van der Waals surface area contributed by atoms with Gasteiger partial charge in [-0.2, -0.15) is 5.10 Å². The van der Waals surface area contributed by atoms with E-state index in [0.717, 1.165) is 5.56 Å². The molecule has 34 heavy (non-hydrogen) atoms. The fourth-order valence-electron chi connectivity index (χ4n) is 3.75. The van der Waals surface area contributed by atoms with Crippen LogP contribution in [0.1, 0.15) is 16.8 Å². The highest BCUT2D eigenvalue weighted by Crippen LogP contribution is 2.33. The van der Waals surface area contributed by atoms with Crippen molar-refractivity contribution >= 4 is 27.5 Å². The fourth-order valence-corrected chi connectivity index (χ4v) is 5.24. The molecule has 0 aliphatic carbocycles. The molecule has 1 aliphatic rings. The SMILES string of the molecule is COc1ccc(-n2nc3c(c2NC(=O)C(=O)NCCc2ccccc2OC)CS(=O)(=O)C3)cc1. The highest BCUT2D eigenvalue weighted by atomic mass is 32.2. The number of para-hydroxylation sites is 1. The van der Waals surface area contributed by atoms with Crippen molar-refractivity contribution in [3.63, 3.8) is 0 Å². The summed E-state index contributed by atoms with van der Waals surface area (Å²) < 4.78 is 36.1. The summed E-state index contributed by atoms with van der Waals surface area (Å²) >= 11 is 0. The van der Waals surface area contributed by atoms with E-state index in [-0.39, 0.29) is 23.9 Å². The lowest BCUT2D eigenvalue weighted by Gasteiger charge is -2.12. The predicted molar refractivity (Wildman–Crippen MR) is 125 cm³/mol. The third kappa shape index (κ3) is 4.88. The van der Waals surface area contributed by atoms with Crippen molar-refractivity contribution in [2.75, 3.05) is 26.1 Å². The van der Waals surface area contributed by atoms with Crippen LogP contribution in [0.25, 0.3) is 5.69 Å². The number of aromatic nitrogens is 2. The van der Waals surface area contributed by atoms with E-state index in [1.165, 1.54) is 4.68 Å². The van der Waals surface area contributed by atoms with Gasteiger partial charge >= 0.3 is 11.8 Å². The van der Waals surface area contributed by atoms with E-state index in [4.69, 9.17) is 9.47 Å². The first-order valence-corrected chi connectivity index (χ1v) is 12.3. The first-order chi connectivity index (χ1) is 16.3. The molecule has 1 aliphatic heterocycles. The van der Waals surface area contributed by atoms with Gasteiger partial charge in [-0.25, -0.2) is 13.1 Å². The Morgan fingerprint density at radius 3 is 2.44 bits per heavy atom. The topological polar surface area (TPSA) is 129 Å². The van der Waals surface area contributed by atoms with Gasteiger partial charge in [0.05, 0.1) is 37.1 Å². The zero-order chi connectivity index (χ0) is 24.3. The molecular weight excluding hydrogens is 460 g/mol. The summed E-state index contributed by atoms with van der Waals surface area (Å²) in [7, 11) is -0.254. The Labute approximate surface area is 196 Å². The van der Waals surface area contributed by atoms with Gasteiger partial charge in [0, 0.05) is 12.1 Å². The largest absolute Gasteiger partial charge is 0.497 e. The van der Waals surface area contributed by atoms with E-state index in [1.807, 2.05) is 24.3 Å². The Morgan fingerprint density at radius 1 is 1.00 bits per heavy atom. The highest BCUT2D eigenvalue weighted by molar-refractivity contribution is 7.90. The molecule has 0 atom stereocenters. The van der Waals surface area contributed by atoms with Gasteiger partial charge in [0.2, 0.25) is 0 Å². The molecule has 10 nitrogen and oxygen atoms in total. The number of nitrogens with zero attached hydrogens (tertiary/aromatic N) is 2. The number of ether oxygens (including phenoxy) is 2. The summed E-state index contributed by atoms with van der Waals surface area (Å²) in [6, 6.07) is 14.3. The fraction of sp³-hybridized carbons (Fsp3) is 0.261. The van der Waals surface area contributed by atoms with Gasteiger partial charge in [-0.1, -0.05) is 18.2 Å². The van der Waals surface area contributed by atoms with Crippen LogP contribution in [0.4, 0.5) is 5.82 Å². The van der Waals surface area contributed by atoms with Crippen LogP contribution in [-0.4, -0.2) is 50.8 Å². The number of methoxy groups -OCH3 is 2. The zero-order valence-corrected chi connectivity index (χ0v) is 19.5. The molecule has 0 saturated carbocycles. The van der Waals surface area contributed by atoms with Crippen LogP contribution in [0.5, 0.6) is 11.5 Å². The van der Waals surface area contributed by atoms with Crippen molar-refractivity contribution in [2.24, 2.45) is 0 Å². The summed E-state index contributed by atoms with van der Waals surface area (Å²) in [5, 5.41) is 9.52. The summed E-state index contributed by atoms with van der Waals surface area (Å²) in [6.07, 6.45) is 0.473. The maximum Gasteiger partial charge on any atom is 0.314 e. The van der Waals surface area contributed by atoms with Crippen LogP contribution < -0.4 is 20.1 Å². The van der Waals surface area contributed by atoms with Gasteiger partial charge in [0.1, 0.15) is 17.3 Å². The molecule has 0 saturated heterocycles. The van der Waals surface area contributed by atoms with Gasteiger partial charge in [0.25, 0.3) is 0 Å². The Hall–Kier alpha value is -3.86. The third-order valence-electron chi connectivity index (χ3n) is 5.42. The number of amides is 2. The minimum absolute atomic E-state index is 0.158. The average Bonchev–Trinajstić information content (AvgIpc) is 3.31. The van der Waals surface area contributed by atoms with Crippen molar-refractivity contribution < 1.29 is 27.5 Å². The number of benzene rings is 2. The van der Waals surface area contributed by atoms with Gasteiger partial charge in [-0.15, -0.1) is 0 Å². The van der Waals surface area contributed by atoms with Crippen LogP contribution >= 0.6 is 0 Å². The second-order valence-electron chi connectivity index (χ2n) is 7.69. The second-order valence-corrected chi connectivity index (χ2v) is 9.75. The molecule has 3 aromatic rings. The number of nitrogens with one attached hydrogen (secondary N) is 2. The van der Waals surface area contributed by atoms with Crippen LogP contribution in [-0.2, 0) is 37.4 Å². The number of sulfone groups is 1. The molecule has 4 rings (SSSR count). The van der Waals surface area contributed by atoms with Crippen molar-refractivity contribution in [3.05, 3.63) is 65.4 Å². The Balaban J connectivity index is 1.50. The number of hydrogen-bond donors (Lipinski definition) is 2. The Morgan fingerprint density at radius 2 is 1.74 bits per heavy atom. The van der Waals surface area contributed by atoms with E-state index in [9.17, 15) is 18.0 Å². The first-order valence-electron chi connectivity index (χ1n) is 10.5. The number of fused-ring (bicyclic) bond motifs is 1. The van der Waals surface area contributed by atoms with E-state index in [1.54, 1.807) is 38.5 Å². The van der Waals surface area contributed by atoms with E-state index in [2.05, 4.69) is 15.7 Å². The van der Waals surface area contributed by atoms with Crippen molar-refractivity contribution in [3.8, 4) is 17.2 Å². The molecule has 2 N–H and O–H groups in total. The van der Waals surface area contributed by atoms with E-state index in [0.29, 0.717) is 34.9 Å². The molecule has 0 fully saturated rings. The minimum atomic E-state index is -3.36. The Bertz CT molecular complexity index is 1330. The lowest BCUT2D eigenvalue weighted by molar-refractivity contribution is -0.136. The van der Waals surface area contributed by atoms with Crippen molar-refractivity contribution in [2.45, 2.75) is 17.9 Å². The monoisotopic (exact) mass is 484 g/mol. The summed E-state index contributed by atoms with van der Waals surface area (Å²) in [6.45, 7) is 0.219. The molecule has 2 aromatic carbocycles. The number of hydrogen-bond acceptors (Lipinski definition) is 7. The molecule has 0 bridgehead atoms. The Kier molecular flexibility index (Phi) is 6.55. The van der Waals surface area contributed by atoms with Gasteiger partial charge in [0.15, 0.2) is 9.84 Å². The second kappa shape index (κ2) is 9.56. The van der Waals surface area contributed by atoms with E-state index < -0.39 is 21.7 Å². The first kappa shape index (κ1) is 23.3. The number of rotatable bonds is 7. The number of anilines is 1. The maximum atomic E-state index is 12.7. The average molecular weight is 485 g/mol. The summed E-state index contributed by atoms with van der Waals surface area (Å²) in [5.41, 5.74) is 2.21. The molecule has 2 heterocycles. The van der Waals surface area contributed by atoms with Crippen LogP contribution in [0.2, 0.25) is 0 Å². The van der Waals surface area contributed by atoms with Gasteiger partial charge in [-0.05, 0) is 42.3 Å². The van der Waals surface area contributed by atoms with Crippen molar-refractivity contribution in [1.29, 1.82) is 0 Å². The molecule has 0 unspecified atom stereocenters. The van der Waals surface area contributed by atoms with Crippen LogP contribution in [0.3, 0.4) is 0 Å². The molecular formula is C23H24N4O6S. The lowest BCUT2D eigenvalue weighted by atomic mass is 10.1. The number of carbonyl (C=O) groups is 2. The predicted octanol–water partition coefficient (Wildman–Crippen LogP) is 1.62. The van der Waals surface area contributed by atoms with E-state index >= 15 is 0 Å². The van der Waals surface area contributed by atoms with Gasteiger partial charge in [-0.3, -0.25) is 9.59 Å².